The Morgan fingerprint density at radius 2 is 2.36 bits per heavy atom. The average molecular weight is 174 g/mol. The number of hydrogen-bond acceptors (Lipinski definition) is 4. The number of nitriles is 1. The minimum Gasteiger partial charge on any atom is -0.395 e. The third-order valence-electron chi connectivity index (χ3n) is 1.18. The van der Waals surface area contributed by atoms with Crippen molar-refractivity contribution in [2.24, 2.45) is 5.73 Å². The number of aliphatic hydroxyl groups excluding tert-OH is 1. The van der Waals surface area contributed by atoms with Crippen LogP contribution in [0.25, 0.3) is 0 Å². The molecule has 0 rings (SSSR count). The maximum absolute atomic E-state index is 8.66. The first-order valence-electron chi connectivity index (χ1n) is 3.44. The average Bonchev–Trinajstić information content (AvgIpc) is 2.00. The number of nitrogens with two attached hydrogens (primary N) is 1. The zero-order valence-corrected chi connectivity index (χ0v) is 7.69. The van der Waals surface area contributed by atoms with E-state index in [1.807, 2.05) is 13.0 Å². The fraction of sp³-hybridized carbons (Fsp3) is 0.857. The first-order chi connectivity index (χ1) is 5.02. The van der Waals surface area contributed by atoms with E-state index in [-0.39, 0.29) is 11.9 Å². The lowest BCUT2D eigenvalue weighted by molar-refractivity contribution is 0.300. The van der Waals surface area contributed by atoms with E-state index < -0.39 is 5.54 Å². The number of hydrogen-bond donors (Lipinski definition) is 2. The van der Waals surface area contributed by atoms with E-state index in [0.29, 0.717) is 5.75 Å². The van der Waals surface area contributed by atoms with Gasteiger partial charge in [0.15, 0.2) is 0 Å². The predicted molar refractivity (Wildman–Crippen MR) is 47.2 cm³/mol. The fourth-order valence-electron chi connectivity index (χ4n) is 0.400. The third kappa shape index (κ3) is 5.08. The second kappa shape index (κ2) is 4.60. The molecule has 3 nitrogen and oxygen atoms in total. The highest BCUT2D eigenvalue weighted by atomic mass is 32.2. The summed E-state index contributed by atoms with van der Waals surface area (Å²) in [7, 11) is 0. The van der Waals surface area contributed by atoms with Gasteiger partial charge in [-0.2, -0.15) is 17.0 Å². The summed E-state index contributed by atoms with van der Waals surface area (Å²) in [6.45, 7) is 3.72. The summed E-state index contributed by atoms with van der Waals surface area (Å²) in [6.07, 6.45) is 0. The van der Waals surface area contributed by atoms with Crippen LogP contribution in [0.4, 0.5) is 0 Å². The van der Waals surface area contributed by atoms with Crippen molar-refractivity contribution in [2.45, 2.75) is 24.6 Å². The van der Waals surface area contributed by atoms with Crippen LogP contribution < -0.4 is 5.73 Å². The van der Waals surface area contributed by atoms with E-state index in [1.165, 1.54) is 11.8 Å². The van der Waals surface area contributed by atoms with Crippen LogP contribution in [-0.4, -0.2) is 28.3 Å². The number of thioether (sulfide) groups is 1. The Bertz CT molecular complexity index is 153. The molecule has 11 heavy (non-hydrogen) atoms. The van der Waals surface area contributed by atoms with E-state index in [0.717, 1.165) is 0 Å². The van der Waals surface area contributed by atoms with Gasteiger partial charge in [-0.25, -0.2) is 0 Å². The number of rotatable bonds is 4. The van der Waals surface area contributed by atoms with Crippen LogP contribution in [0, 0.1) is 11.3 Å². The normalized spacial score (nSPS) is 18.5. The zero-order valence-electron chi connectivity index (χ0n) is 6.87. The van der Waals surface area contributed by atoms with Crippen LogP contribution in [0.2, 0.25) is 0 Å². The zero-order chi connectivity index (χ0) is 8.91. The Balaban J connectivity index is 3.63. The van der Waals surface area contributed by atoms with E-state index in [2.05, 4.69) is 0 Å². The van der Waals surface area contributed by atoms with Crippen LogP contribution >= 0.6 is 11.8 Å². The van der Waals surface area contributed by atoms with Crippen molar-refractivity contribution in [1.82, 2.24) is 0 Å². The van der Waals surface area contributed by atoms with Gasteiger partial charge in [-0.1, -0.05) is 6.92 Å². The Labute approximate surface area is 71.6 Å². The van der Waals surface area contributed by atoms with Crippen molar-refractivity contribution in [3.63, 3.8) is 0 Å². The number of nitrogens with zero attached hydrogens (tertiary/aromatic N) is 1. The molecule has 0 bridgehead atoms. The molecular weight excluding hydrogens is 160 g/mol. The minimum atomic E-state index is -0.770. The van der Waals surface area contributed by atoms with E-state index in [1.54, 1.807) is 6.92 Å². The van der Waals surface area contributed by atoms with Crippen molar-refractivity contribution in [3.05, 3.63) is 0 Å². The monoisotopic (exact) mass is 174 g/mol. The molecule has 2 atom stereocenters. The molecule has 0 aliphatic rings. The molecule has 0 fully saturated rings. The summed E-state index contributed by atoms with van der Waals surface area (Å²) >= 11 is 1.51. The fourth-order valence-corrected chi connectivity index (χ4v) is 1.20. The van der Waals surface area contributed by atoms with Crippen LogP contribution in [0.3, 0.4) is 0 Å². The van der Waals surface area contributed by atoms with Crippen LogP contribution in [0.15, 0.2) is 0 Å². The molecule has 64 valence electrons. The smallest absolute Gasteiger partial charge is 0.110 e. The Morgan fingerprint density at radius 1 is 1.82 bits per heavy atom. The van der Waals surface area contributed by atoms with Gasteiger partial charge in [0.25, 0.3) is 0 Å². The lowest BCUT2D eigenvalue weighted by Crippen LogP contribution is -2.37. The van der Waals surface area contributed by atoms with Crippen LogP contribution in [-0.2, 0) is 0 Å². The van der Waals surface area contributed by atoms with Gasteiger partial charge in [0.1, 0.15) is 5.54 Å². The second-order valence-corrected chi connectivity index (χ2v) is 4.26. The highest BCUT2D eigenvalue weighted by molar-refractivity contribution is 8.00. The molecule has 2 unspecified atom stereocenters. The molecule has 0 heterocycles. The van der Waals surface area contributed by atoms with E-state index in [4.69, 9.17) is 16.1 Å². The predicted octanol–water partition coefficient (Wildman–Crippen LogP) is 0.341. The van der Waals surface area contributed by atoms with Gasteiger partial charge in [-0.3, -0.25) is 0 Å². The lowest BCUT2D eigenvalue weighted by atomic mass is 10.1. The first kappa shape index (κ1) is 10.8. The molecule has 0 aromatic carbocycles. The summed E-state index contributed by atoms with van der Waals surface area (Å²) in [5, 5.41) is 17.3. The van der Waals surface area contributed by atoms with Crippen molar-refractivity contribution in [1.29, 1.82) is 5.26 Å². The Hall–Kier alpha value is -0.240. The van der Waals surface area contributed by atoms with Gasteiger partial charge < -0.3 is 10.8 Å². The molecule has 0 amide bonds. The van der Waals surface area contributed by atoms with Crippen molar-refractivity contribution in [2.75, 3.05) is 12.4 Å². The SMILES string of the molecule is CC(CO)SCC(C)(N)C#N. The van der Waals surface area contributed by atoms with Gasteiger partial charge in [0.2, 0.25) is 0 Å². The van der Waals surface area contributed by atoms with E-state index in [9.17, 15) is 0 Å². The van der Waals surface area contributed by atoms with Gasteiger partial charge >= 0.3 is 0 Å². The van der Waals surface area contributed by atoms with Crippen molar-refractivity contribution < 1.29 is 5.11 Å². The summed E-state index contributed by atoms with van der Waals surface area (Å²) in [5.74, 6) is 0.561. The van der Waals surface area contributed by atoms with Crippen LogP contribution in [0.5, 0.6) is 0 Å². The van der Waals surface area contributed by atoms with Crippen molar-refractivity contribution in [3.8, 4) is 6.07 Å². The molecule has 0 aromatic heterocycles. The molecule has 0 aromatic rings. The summed E-state index contributed by atoms with van der Waals surface area (Å²) in [6, 6.07) is 2.00. The molecule has 4 heteroatoms. The summed E-state index contributed by atoms with van der Waals surface area (Å²) < 4.78 is 0. The maximum Gasteiger partial charge on any atom is 0.110 e. The van der Waals surface area contributed by atoms with Crippen molar-refractivity contribution >= 4 is 11.8 Å². The molecule has 0 aliphatic carbocycles. The largest absolute Gasteiger partial charge is 0.395 e. The quantitative estimate of drug-likeness (QED) is 0.645. The van der Waals surface area contributed by atoms with Gasteiger partial charge in [0.05, 0.1) is 12.7 Å². The van der Waals surface area contributed by atoms with Gasteiger partial charge in [-0.05, 0) is 6.92 Å². The highest BCUT2D eigenvalue weighted by Crippen LogP contribution is 2.14. The lowest BCUT2D eigenvalue weighted by Gasteiger charge is -2.16. The topological polar surface area (TPSA) is 70.0 Å². The Kier molecular flexibility index (Phi) is 4.50. The molecular formula is C7H14N2OS. The molecule has 0 radical (unpaired) electrons. The minimum absolute atomic E-state index is 0.131. The molecule has 0 spiro atoms. The van der Waals surface area contributed by atoms with Crippen LogP contribution in [0.1, 0.15) is 13.8 Å². The second-order valence-electron chi connectivity index (χ2n) is 2.83. The van der Waals surface area contributed by atoms with Gasteiger partial charge in [-0.15, -0.1) is 0 Å². The molecule has 3 N–H and O–H groups in total. The molecule has 0 aliphatic heterocycles. The summed E-state index contributed by atoms with van der Waals surface area (Å²) in [5.41, 5.74) is 4.79. The maximum atomic E-state index is 8.66. The Morgan fingerprint density at radius 3 is 2.73 bits per heavy atom. The third-order valence-corrected chi connectivity index (χ3v) is 2.66. The van der Waals surface area contributed by atoms with Gasteiger partial charge in [0, 0.05) is 11.0 Å². The highest BCUT2D eigenvalue weighted by Gasteiger charge is 2.18. The molecule has 0 saturated carbocycles. The number of aliphatic hydroxyl groups is 1. The van der Waals surface area contributed by atoms with E-state index >= 15 is 0 Å². The molecule has 0 saturated heterocycles. The summed E-state index contributed by atoms with van der Waals surface area (Å²) in [4.78, 5) is 0. The first-order valence-corrected chi connectivity index (χ1v) is 4.49. The standard InChI is InChI=1S/C7H14N2OS/c1-6(3-10)11-5-7(2,9)4-8/h6,10H,3,5,9H2,1-2H3.